The molecule has 2 heterocycles. The quantitative estimate of drug-likeness (QED) is 0.245. The van der Waals surface area contributed by atoms with E-state index >= 15 is 0 Å². The molecule has 3 fully saturated rings. The second-order valence-electron chi connectivity index (χ2n) is 12.5. The van der Waals surface area contributed by atoms with Gasteiger partial charge in [0.15, 0.2) is 0 Å². The lowest BCUT2D eigenvalue weighted by Gasteiger charge is -2.44. The van der Waals surface area contributed by atoms with Crippen molar-refractivity contribution < 1.29 is 53.6 Å². The highest BCUT2D eigenvalue weighted by molar-refractivity contribution is 6.24. The second kappa shape index (κ2) is 11.6. The summed E-state index contributed by atoms with van der Waals surface area (Å²) in [5, 5.41) is 30.6. The maximum absolute atomic E-state index is 14.4. The fraction of sp³-hybridized carbons (Fsp3) is 0.278. The van der Waals surface area contributed by atoms with Crippen LogP contribution < -0.4 is 19.3 Å². The van der Waals surface area contributed by atoms with Gasteiger partial charge in [0.25, 0.3) is 0 Å². The number of anilines is 2. The largest absolute Gasteiger partial charge is 0.507 e. The number of carbonyl (C=O) groups excluding carboxylic acids is 4. The fourth-order valence-corrected chi connectivity index (χ4v) is 8.16. The lowest BCUT2D eigenvalue weighted by atomic mass is 9.57. The van der Waals surface area contributed by atoms with E-state index in [2.05, 4.69) is 0 Å². The smallest absolute Gasteiger partial charge is 0.335 e. The lowest BCUT2D eigenvalue weighted by molar-refractivity contribution is -0.126. The van der Waals surface area contributed by atoms with Crippen LogP contribution in [-0.4, -0.2) is 65.1 Å². The molecular weight excluding hydrogens is 636 g/mol. The van der Waals surface area contributed by atoms with Crippen molar-refractivity contribution in [3.05, 3.63) is 89.0 Å². The minimum Gasteiger partial charge on any atom is -0.507 e. The molecule has 2 saturated heterocycles. The van der Waals surface area contributed by atoms with Crippen molar-refractivity contribution in [2.75, 3.05) is 24.0 Å². The van der Waals surface area contributed by atoms with Crippen molar-refractivity contribution in [2.45, 2.75) is 18.8 Å². The van der Waals surface area contributed by atoms with Crippen LogP contribution in [0.2, 0.25) is 0 Å². The highest BCUT2D eigenvalue weighted by atomic mass is 16.5. The van der Waals surface area contributed by atoms with Gasteiger partial charge >= 0.3 is 11.9 Å². The number of carboxylic acid groups (broad SMARTS) is 2. The molecule has 0 aromatic heterocycles. The van der Waals surface area contributed by atoms with Gasteiger partial charge in [-0.3, -0.25) is 29.0 Å². The van der Waals surface area contributed by atoms with E-state index in [-0.39, 0.29) is 58.2 Å². The average Bonchev–Trinajstić information content (AvgIpc) is 3.50. The summed E-state index contributed by atoms with van der Waals surface area (Å²) in [5.74, 6) is -10.1. The van der Waals surface area contributed by atoms with Crippen molar-refractivity contribution >= 4 is 46.9 Å². The van der Waals surface area contributed by atoms with Gasteiger partial charge in [0.1, 0.15) is 17.2 Å². The van der Waals surface area contributed by atoms with Gasteiger partial charge < -0.3 is 24.8 Å². The minimum atomic E-state index is -1.24. The van der Waals surface area contributed by atoms with Crippen LogP contribution in [-0.2, 0) is 19.2 Å². The SMILES string of the molecule is COc1cc(O)c(C2C3=CCC4C(=O)N(c5cccc(C(=O)O)c5)C(=O)C4C3CC3C(=O)N(c4cccc(C(=O)O)c4)C(=O)C32)c(OC)c1. The number of phenolic OH excluding ortho intramolecular Hbond substituents is 1. The molecule has 49 heavy (non-hydrogen) atoms. The number of methoxy groups -OCH3 is 2. The van der Waals surface area contributed by atoms with Gasteiger partial charge in [-0.25, -0.2) is 9.59 Å². The van der Waals surface area contributed by atoms with Gasteiger partial charge in [-0.2, -0.15) is 0 Å². The summed E-state index contributed by atoms with van der Waals surface area (Å²) in [4.78, 5) is 82.1. The third-order valence-corrected chi connectivity index (χ3v) is 10.2. The number of aromatic carboxylic acids is 2. The zero-order valence-electron chi connectivity index (χ0n) is 26.2. The number of fused-ring (bicyclic) bond motifs is 4. The number of rotatable bonds is 7. The van der Waals surface area contributed by atoms with Crippen LogP contribution in [0.1, 0.15) is 45.0 Å². The van der Waals surface area contributed by atoms with Crippen LogP contribution in [0.5, 0.6) is 17.2 Å². The molecule has 3 N–H and O–H groups in total. The molecule has 3 aromatic carbocycles. The average molecular weight is 667 g/mol. The zero-order chi connectivity index (χ0) is 34.9. The van der Waals surface area contributed by atoms with E-state index in [1.54, 1.807) is 6.08 Å². The zero-order valence-corrected chi connectivity index (χ0v) is 26.2. The Bertz CT molecular complexity index is 2020. The molecule has 6 atom stereocenters. The third kappa shape index (κ3) is 4.75. The Hall–Kier alpha value is -5.98. The van der Waals surface area contributed by atoms with Crippen molar-refractivity contribution in [1.82, 2.24) is 0 Å². The monoisotopic (exact) mass is 666 g/mol. The van der Waals surface area contributed by atoms with Gasteiger partial charge in [-0.1, -0.05) is 23.8 Å². The molecule has 4 amide bonds. The number of hydrogen-bond donors (Lipinski definition) is 3. The molecule has 4 aliphatic rings. The van der Waals surface area contributed by atoms with Crippen molar-refractivity contribution in [1.29, 1.82) is 0 Å². The van der Waals surface area contributed by atoms with E-state index in [0.717, 1.165) is 9.80 Å². The molecule has 13 nitrogen and oxygen atoms in total. The first-order valence-corrected chi connectivity index (χ1v) is 15.5. The summed E-state index contributed by atoms with van der Waals surface area (Å²) in [6, 6.07) is 13.9. The Kier molecular flexibility index (Phi) is 7.49. The molecule has 3 aromatic rings. The van der Waals surface area contributed by atoms with Crippen molar-refractivity contribution in [3.8, 4) is 17.2 Å². The van der Waals surface area contributed by atoms with E-state index in [9.17, 15) is 44.1 Å². The van der Waals surface area contributed by atoms with E-state index in [0.29, 0.717) is 5.57 Å². The molecular formula is C36H30N2O11. The first kappa shape index (κ1) is 31.6. The third-order valence-electron chi connectivity index (χ3n) is 10.2. The normalized spacial score (nSPS) is 25.8. The number of carbonyl (C=O) groups is 6. The summed E-state index contributed by atoms with van der Waals surface area (Å²) in [6.07, 6.45) is 1.94. The highest BCUT2D eigenvalue weighted by Crippen LogP contribution is 2.60. The molecule has 2 aliphatic carbocycles. The standard InChI is InChI=1S/C36H30N2O11/c1-48-20-13-25(39)30(26(14-20)49-2)28-21-9-10-22-27(33(42)37(31(22)40)18-7-3-5-16(11-18)35(44)45)23(21)15-24-29(28)34(43)38(32(24)41)19-8-4-6-17(12-19)36(46)47/h3-9,11-14,22-24,27-29,39H,10,15H2,1-2H3,(H,44,45)(H,46,47). The van der Waals surface area contributed by atoms with Gasteiger partial charge in [0.05, 0.1) is 60.4 Å². The Morgan fingerprint density at radius 1 is 0.714 bits per heavy atom. The van der Waals surface area contributed by atoms with Crippen molar-refractivity contribution in [3.63, 3.8) is 0 Å². The van der Waals surface area contributed by atoms with Gasteiger partial charge in [-0.05, 0) is 55.2 Å². The summed E-state index contributed by atoms with van der Waals surface area (Å²) in [6.45, 7) is 0. The lowest BCUT2D eigenvalue weighted by Crippen LogP contribution is -2.43. The summed E-state index contributed by atoms with van der Waals surface area (Å²) in [5.41, 5.74) is 0.753. The Balaban J connectivity index is 1.37. The topological polar surface area (TPSA) is 188 Å². The highest BCUT2D eigenvalue weighted by Gasteiger charge is 2.63. The van der Waals surface area contributed by atoms with Crippen LogP contribution in [0, 0.1) is 29.6 Å². The summed E-state index contributed by atoms with van der Waals surface area (Å²) < 4.78 is 11.0. The maximum atomic E-state index is 14.4. The number of aromatic hydroxyl groups is 1. The number of amides is 4. The molecule has 250 valence electrons. The molecule has 1 saturated carbocycles. The molecule has 2 aliphatic heterocycles. The number of phenols is 1. The Labute approximate surface area is 279 Å². The number of benzene rings is 3. The molecule has 7 rings (SSSR count). The van der Waals surface area contributed by atoms with Gasteiger partial charge in [0.2, 0.25) is 23.6 Å². The van der Waals surface area contributed by atoms with Crippen LogP contribution >= 0.6 is 0 Å². The second-order valence-corrected chi connectivity index (χ2v) is 12.5. The molecule has 0 spiro atoms. The van der Waals surface area contributed by atoms with E-state index in [4.69, 9.17) is 9.47 Å². The number of ether oxygens (including phenoxy) is 2. The van der Waals surface area contributed by atoms with Gasteiger partial charge in [0, 0.05) is 23.6 Å². The van der Waals surface area contributed by atoms with E-state index < -0.39 is 71.1 Å². The van der Waals surface area contributed by atoms with Gasteiger partial charge in [-0.15, -0.1) is 0 Å². The van der Waals surface area contributed by atoms with Crippen LogP contribution in [0.4, 0.5) is 11.4 Å². The van der Waals surface area contributed by atoms with Crippen molar-refractivity contribution in [2.24, 2.45) is 29.6 Å². The number of allylic oxidation sites excluding steroid dienone is 2. The molecule has 6 unspecified atom stereocenters. The first-order valence-electron chi connectivity index (χ1n) is 15.5. The molecule has 0 bridgehead atoms. The Morgan fingerprint density at radius 2 is 1.29 bits per heavy atom. The van der Waals surface area contributed by atoms with Crippen LogP contribution in [0.25, 0.3) is 0 Å². The van der Waals surface area contributed by atoms with Crippen LogP contribution in [0.3, 0.4) is 0 Å². The van der Waals surface area contributed by atoms with Crippen LogP contribution in [0.15, 0.2) is 72.3 Å². The maximum Gasteiger partial charge on any atom is 0.335 e. The van der Waals surface area contributed by atoms with E-state index in [1.165, 1.54) is 74.9 Å². The minimum absolute atomic E-state index is 0.0229. The fourth-order valence-electron chi connectivity index (χ4n) is 8.16. The van der Waals surface area contributed by atoms with E-state index in [1.807, 2.05) is 0 Å². The Morgan fingerprint density at radius 3 is 1.84 bits per heavy atom. The number of carboxylic acids is 2. The number of imide groups is 2. The molecule has 0 radical (unpaired) electrons. The molecule has 13 heteroatoms. The summed E-state index contributed by atoms with van der Waals surface area (Å²) in [7, 11) is 2.79. The predicted octanol–water partition coefficient (Wildman–Crippen LogP) is 3.85. The first-order chi connectivity index (χ1) is 23.5. The predicted molar refractivity (Wildman–Crippen MR) is 171 cm³/mol. The number of hydrogen-bond acceptors (Lipinski definition) is 9. The summed E-state index contributed by atoms with van der Waals surface area (Å²) >= 11 is 0. The number of nitrogens with zero attached hydrogens (tertiary/aromatic N) is 2.